The molecule has 1 N–H and O–H groups in total. The third-order valence-corrected chi connectivity index (χ3v) is 9.39. The summed E-state index contributed by atoms with van der Waals surface area (Å²) in [6.45, 7) is 7.28. The number of rotatable bonds is 15. The van der Waals surface area contributed by atoms with E-state index in [1.54, 1.807) is 31.2 Å². The van der Waals surface area contributed by atoms with E-state index >= 15 is 0 Å². The normalized spacial score (nSPS) is 12.5. The fourth-order valence-electron chi connectivity index (χ4n) is 4.34. The summed E-state index contributed by atoms with van der Waals surface area (Å²) in [5, 5.41) is 2.93. The Morgan fingerprint density at radius 3 is 2.11 bits per heavy atom. The molecule has 12 heteroatoms. The van der Waals surface area contributed by atoms with Gasteiger partial charge in [0.25, 0.3) is 10.0 Å². The molecule has 10 nitrogen and oxygen atoms in total. The van der Waals surface area contributed by atoms with Crippen LogP contribution in [0.15, 0.2) is 76.1 Å². The summed E-state index contributed by atoms with van der Waals surface area (Å²) in [6.07, 6.45) is 0.716. The number of anilines is 1. The van der Waals surface area contributed by atoms with Crippen LogP contribution in [0.3, 0.4) is 0 Å². The van der Waals surface area contributed by atoms with Crippen molar-refractivity contribution in [3.05, 3.63) is 76.8 Å². The van der Waals surface area contributed by atoms with E-state index in [2.05, 4.69) is 21.2 Å². The molecule has 0 heterocycles. The van der Waals surface area contributed by atoms with Gasteiger partial charge in [0.15, 0.2) is 11.5 Å². The molecule has 0 saturated heterocycles. The molecule has 0 radical (unpaired) electrons. The average Bonchev–Trinajstić information content (AvgIpc) is 3.02. The zero-order valence-corrected chi connectivity index (χ0v) is 28.3. The van der Waals surface area contributed by atoms with Crippen LogP contribution in [0.1, 0.15) is 39.7 Å². The lowest BCUT2D eigenvalue weighted by atomic mass is 10.1. The highest BCUT2D eigenvalue weighted by molar-refractivity contribution is 9.10. The van der Waals surface area contributed by atoms with Crippen LogP contribution in [0.5, 0.6) is 17.2 Å². The highest BCUT2D eigenvalue weighted by Crippen LogP contribution is 2.33. The first-order chi connectivity index (χ1) is 20.9. The molecule has 0 saturated carbocycles. The summed E-state index contributed by atoms with van der Waals surface area (Å²) in [5.74, 6) is 0.242. The van der Waals surface area contributed by atoms with E-state index in [1.807, 2.05) is 45.0 Å². The zero-order valence-electron chi connectivity index (χ0n) is 25.9. The molecule has 0 aliphatic carbocycles. The first-order valence-electron chi connectivity index (χ1n) is 14.3. The second-order valence-electron chi connectivity index (χ2n) is 10.1. The van der Waals surface area contributed by atoms with E-state index in [9.17, 15) is 18.0 Å². The lowest BCUT2D eigenvalue weighted by Gasteiger charge is -2.32. The summed E-state index contributed by atoms with van der Waals surface area (Å²) < 4.78 is 46.4. The van der Waals surface area contributed by atoms with Gasteiger partial charge in [0, 0.05) is 23.1 Å². The number of carbonyl (C=O) groups is 2. The molecule has 0 aliphatic rings. The predicted octanol–water partition coefficient (Wildman–Crippen LogP) is 5.39. The molecule has 44 heavy (non-hydrogen) atoms. The molecule has 2 atom stereocenters. The van der Waals surface area contributed by atoms with E-state index in [-0.39, 0.29) is 34.8 Å². The van der Waals surface area contributed by atoms with Crippen LogP contribution in [-0.4, -0.2) is 64.6 Å². The van der Waals surface area contributed by atoms with Crippen LogP contribution >= 0.6 is 15.9 Å². The number of carbonyl (C=O) groups excluding carboxylic acids is 2. The summed E-state index contributed by atoms with van der Waals surface area (Å²) in [4.78, 5) is 28.7. The van der Waals surface area contributed by atoms with Crippen LogP contribution in [0.25, 0.3) is 0 Å². The number of nitrogens with zero attached hydrogens (tertiary/aromatic N) is 2. The van der Waals surface area contributed by atoms with Gasteiger partial charge >= 0.3 is 0 Å². The van der Waals surface area contributed by atoms with Crippen molar-refractivity contribution in [1.29, 1.82) is 0 Å². The van der Waals surface area contributed by atoms with Gasteiger partial charge < -0.3 is 24.4 Å². The van der Waals surface area contributed by atoms with Crippen LogP contribution in [0, 0.1) is 0 Å². The summed E-state index contributed by atoms with van der Waals surface area (Å²) in [7, 11) is -1.45. The van der Waals surface area contributed by atoms with Crippen molar-refractivity contribution < 1.29 is 32.2 Å². The smallest absolute Gasteiger partial charge is 0.264 e. The standard InChI is InChI=1S/C32H40BrN3O7S/c1-7-22(3)34-32(38)23(4)35(20-24-9-11-25(33)12-10-24)31(37)21-36(26-13-15-27(16-14-26)43-8-2)44(39,40)28-17-18-29(41-5)30(19-28)42-6/h9-19,22-23H,7-8,20-21H2,1-6H3,(H,34,38)/t22-,23-/m0/s1. The number of amides is 2. The largest absolute Gasteiger partial charge is 0.494 e. The quantitative estimate of drug-likeness (QED) is 0.228. The number of halogens is 1. The van der Waals surface area contributed by atoms with Crippen molar-refractivity contribution in [2.75, 3.05) is 31.7 Å². The molecule has 0 unspecified atom stereocenters. The Hall–Kier alpha value is -3.77. The van der Waals surface area contributed by atoms with Crippen molar-refractivity contribution in [1.82, 2.24) is 10.2 Å². The van der Waals surface area contributed by atoms with Gasteiger partial charge in [-0.1, -0.05) is 35.0 Å². The average molecular weight is 691 g/mol. The molecule has 0 aromatic heterocycles. The number of benzene rings is 3. The molecule has 0 aliphatic heterocycles. The number of ether oxygens (including phenoxy) is 3. The van der Waals surface area contributed by atoms with Gasteiger partial charge in [0.2, 0.25) is 11.8 Å². The van der Waals surface area contributed by atoms with Gasteiger partial charge in [-0.25, -0.2) is 8.42 Å². The number of sulfonamides is 1. The highest BCUT2D eigenvalue weighted by Gasteiger charge is 2.33. The molecular formula is C32H40BrN3O7S. The SMILES string of the molecule is CCOc1ccc(N(CC(=O)N(Cc2ccc(Br)cc2)[C@@H](C)C(=O)N[C@@H](C)CC)S(=O)(=O)c2ccc(OC)c(OC)c2)cc1. The van der Waals surface area contributed by atoms with Crippen LogP contribution < -0.4 is 23.8 Å². The van der Waals surface area contributed by atoms with Crippen molar-refractivity contribution in [2.24, 2.45) is 0 Å². The molecule has 3 aromatic rings. The van der Waals surface area contributed by atoms with E-state index < -0.39 is 28.5 Å². The van der Waals surface area contributed by atoms with Crippen molar-refractivity contribution in [3.8, 4) is 17.2 Å². The summed E-state index contributed by atoms with van der Waals surface area (Å²) in [5.41, 5.74) is 1.02. The Morgan fingerprint density at radius 2 is 1.55 bits per heavy atom. The van der Waals surface area contributed by atoms with Crippen LogP contribution in [-0.2, 0) is 26.2 Å². The first kappa shape index (κ1) is 34.7. The second-order valence-corrected chi connectivity index (χ2v) is 12.9. The molecular weight excluding hydrogens is 650 g/mol. The van der Waals surface area contributed by atoms with E-state index in [0.717, 1.165) is 14.3 Å². The summed E-state index contributed by atoms with van der Waals surface area (Å²) in [6, 6.07) is 17.1. The maximum Gasteiger partial charge on any atom is 0.264 e. The molecule has 2 amide bonds. The van der Waals surface area contributed by atoms with E-state index in [1.165, 1.54) is 37.3 Å². The van der Waals surface area contributed by atoms with Gasteiger partial charge in [-0.2, -0.15) is 0 Å². The van der Waals surface area contributed by atoms with Crippen LogP contribution in [0.4, 0.5) is 5.69 Å². The Morgan fingerprint density at radius 1 is 0.909 bits per heavy atom. The number of hydrogen-bond acceptors (Lipinski definition) is 7. The monoisotopic (exact) mass is 689 g/mol. The Bertz CT molecular complexity index is 1520. The van der Waals surface area contributed by atoms with E-state index in [4.69, 9.17) is 14.2 Å². The minimum atomic E-state index is -4.31. The maximum atomic E-state index is 14.2. The van der Waals surface area contributed by atoms with Crippen molar-refractivity contribution in [2.45, 2.75) is 57.6 Å². The Balaban J connectivity index is 2.07. The van der Waals surface area contributed by atoms with Crippen LogP contribution in [0.2, 0.25) is 0 Å². The van der Waals surface area contributed by atoms with Gasteiger partial charge in [0.1, 0.15) is 18.3 Å². The third kappa shape index (κ3) is 8.66. The zero-order chi connectivity index (χ0) is 32.4. The molecule has 0 fully saturated rings. The Kier molecular flexibility index (Phi) is 12.5. The molecule has 0 spiro atoms. The summed E-state index contributed by atoms with van der Waals surface area (Å²) >= 11 is 3.42. The predicted molar refractivity (Wildman–Crippen MR) is 174 cm³/mol. The fraction of sp³-hybridized carbons (Fsp3) is 0.375. The lowest BCUT2D eigenvalue weighted by molar-refractivity contribution is -0.139. The molecule has 238 valence electrons. The topological polar surface area (TPSA) is 114 Å². The third-order valence-electron chi connectivity index (χ3n) is 7.09. The molecule has 0 bridgehead atoms. The molecule has 3 aromatic carbocycles. The number of hydrogen-bond donors (Lipinski definition) is 1. The number of methoxy groups -OCH3 is 2. The van der Waals surface area contributed by atoms with Crippen molar-refractivity contribution >= 4 is 43.5 Å². The van der Waals surface area contributed by atoms with Crippen molar-refractivity contribution in [3.63, 3.8) is 0 Å². The van der Waals surface area contributed by atoms with Gasteiger partial charge in [-0.15, -0.1) is 0 Å². The van der Waals surface area contributed by atoms with Gasteiger partial charge in [-0.3, -0.25) is 13.9 Å². The second kappa shape index (κ2) is 15.8. The van der Waals surface area contributed by atoms with Gasteiger partial charge in [-0.05, 0) is 81.3 Å². The fourth-order valence-corrected chi connectivity index (χ4v) is 6.04. The molecule has 3 rings (SSSR count). The first-order valence-corrected chi connectivity index (χ1v) is 16.5. The minimum absolute atomic E-state index is 0.0920. The highest BCUT2D eigenvalue weighted by atomic mass is 79.9. The lowest BCUT2D eigenvalue weighted by Crippen LogP contribution is -2.52. The van der Waals surface area contributed by atoms with E-state index in [0.29, 0.717) is 24.5 Å². The minimum Gasteiger partial charge on any atom is -0.494 e. The number of nitrogens with one attached hydrogen (secondary N) is 1. The maximum absolute atomic E-state index is 14.2. The van der Waals surface area contributed by atoms with Gasteiger partial charge in [0.05, 0.1) is 31.4 Å². The Labute approximate surface area is 268 Å².